The molecule has 0 aliphatic carbocycles. The molecule has 15 heavy (non-hydrogen) atoms. The highest BCUT2D eigenvalue weighted by molar-refractivity contribution is 5.84. The Bertz CT molecular complexity index is 228. The molecule has 4 N–H and O–H groups in total. The zero-order valence-corrected chi connectivity index (χ0v) is 9.83. The SMILES string of the molecule is CCC1CCCN(CC(C)(N)C(N)=O)C1. The molecule has 4 nitrogen and oxygen atoms in total. The van der Waals surface area contributed by atoms with Crippen LogP contribution in [0.2, 0.25) is 0 Å². The van der Waals surface area contributed by atoms with Crippen LogP contribution >= 0.6 is 0 Å². The Hall–Kier alpha value is -0.610. The summed E-state index contributed by atoms with van der Waals surface area (Å²) in [5, 5.41) is 0. The summed E-state index contributed by atoms with van der Waals surface area (Å²) in [4.78, 5) is 13.4. The molecule has 1 amide bonds. The fourth-order valence-electron chi connectivity index (χ4n) is 2.17. The zero-order valence-electron chi connectivity index (χ0n) is 9.83. The van der Waals surface area contributed by atoms with Crippen molar-refractivity contribution in [3.8, 4) is 0 Å². The Morgan fingerprint density at radius 1 is 1.60 bits per heavy atom. The number of amides is 1. The van der Waals surface area contributed by atoms with Gasteiger partial charge in [0.15, 0.2) is 0 Å². The molecule has 0 aromatic rings. The molecule has 1 aliphatic heterocycles. The Morgan fingerprint density at radius 3 is 2.80 bits per heavy atom. The number of piperidine rings is 1. The third-order valence-electron chi connectivity index (χ3n) is 3.30. The van der Waals surface area contributed by atoms with Crippen molar-refractivity contribution in [2.45, 2.75) is 38.6 Å². The van der Waals surface area contributed by atoms with Gasteiger partial charge < -0.3 is 16.4 Å². The van der Waals surface area contributed by atoms with Crippen molar-refractivity contribution < 1.29 is 4.79 Å². The van der Waals surface area contributed by atoms with Crippen molar-refractivity contribution in [1.29, 1.82) is 0 Å². The van der Waals surface area contributed by atoms with Crippen LogP contribution in [0.4, 0.5) is 0 Å². The van der Waals surface area contributed by atoms with Gasteiger partial charge in [0.05, 0.1) is 0 Å². The standard InChI is InChI=1S/C11H23N3O/c1-3-9-5-4-6-14(7-9)8-11(2,13)10(12)15/h9H,3-8,13H2,1-2H3,(H2,12,15). The molecular formula is C11H23N3O. The van der Waals surface area contributed by atoms with Gasteiger partial charge in [0, 0.05) is 13.1 Å². The minimum absolute atomic E-state index is 0.416. The lowest BCUT2D eigenvalue weighted by Gasteiger charge is -2.36. The van der Waals surface area contributed by atoms with Crippen LogP contribution in [0.3, 0.4) is 0 Å². The van der Waals surface area contributed by atoms with E-state index in [2.05, 4.69) is 11.8 Å². The topological polar surface area (TPSA) is 72.3 Å². The Kier molecular flexibility index (Phi) is 4.11. The summed E-state index contributed by atoms with van der Waals surface area (Å²) in [7, 11) is 0. The molecule has 1 heterocycles. The van der Waals surface area contributed by atoms with Crippen LogP contribution in [0.1, 0.15) is 33.1 Å². The lowest BCUT2D eigenvalue weighted by Crippen LogP contribution is -2.58. The largest absolute Gasteiger partial charge is 0.368 e. The molecule has 88 valence electrons. The van der Waals surface area contributed by atoms with Gasteiger partial charge in [-0.3, -0.25) is 4.79 Å². The lowest BCUT2D eigenvalue weighted by atomic mass is 9.93. The Morgan fingerprint density at radius 2 is 2.27 bits per heavy atom. The van der Waals surface area contributed by atoms with Crippen molar-refractivity contribution in [3.05, 3.63) is 0 Å². The van der Waals surface area contributed by atoms with E-state index in [1.807, 2.05) is 0 Å². The third-order valence-corrected chi connectivity index (χ3v) is 3.30. The van der Waals surface area contributed by atoms with E-state index in [1.54, 1.807) is 6.92 Å². The molecule has 1 aliphatic rings. The summed E-state index contributed by atoms with van der Waals surface area (Å²) < 4.78 is 0. The van der Waals surface area contributed by atoms with Crippen molar-refractivity contribution in [2.75, 3.05) is 19.6 Å². The number of hydrogen-bond acceptors (Lipinski definition) is 3. The van der Waals surface area contributed by atoms with Gasteiger partial charge in [-0.2, -0.15) is 0 Å². The molecular weight excluding hydrogens is 190 g/mol. The molecule has 0 bridgehead atoms. The minimum Gasteiger partial charge on any atom is -0.368 e. The van der Waals surface area contributed by atoms with Crippen molar-refractivity contribution in [1.82, 2.24) is 4.90 Å². The summed E-state index contributed by atoms with van der Waals surface area (Å²) in [5.74, 6) is 0.337. The molecule has 1 rings (SSSR count). The monoisotopic (exact) mass is 213 g/mol. The van der Waals surface area contributed by atoms with Gasteiger partial charge in [0.1, 0.15) is 5.54 Å². The molecule has 1 saturated heterocycles. The molecule has 0 saturated carbocycles. The van der Waals surface area contributed by atoms with E-state index in [1.165, 1.54) is 19.3 Å². The van der Waals surface area contributed by atoms with E-state index in [9.17, 15) is 4.79 Å². The predicted molar refractivity (Wildman–Crippen MR) is 61.2 cm³/mol. The second-order valence-corrected chi connectivity index (χ2v) is 4.93. The van der Waals surface area contributed by atoms with E-state index in [0.29, 0.717) is 6.54 Å². The van der Waals surface area contributed by atoms with E-state index in [-0.39, 0.29) is 0 Å². The summed E-state index contributed by atoms with van der Waals surface area (Å²) in [6.07, 6.45) is 3.70. The average Bonchev–Trinajstić information content (AvgIpc) is 2.17. The van der Waals surface area contributed by atoms with Gasteiger partial charge >= 0.3 is 0 Å². The van der Waals surface area contributed by atoms with Crippen LogP contribution in [-0.2, 0) is 4.79 Å². The number of nitrogens with zero attached hydrogens (tertiary/aromatic N) is 1. The van der Waals surface area contributed by atoms with Gasteiger partial charge in [-0.25, -0.2) is 0 Å². The first-order valence-electron chi connectivity index (χ1n) is 5.77. The number of likely N-dealkylation sites (tertiary alicyclic amines) is 1. The van der Waals surface area contributed by atoms with E-state index < -0.39 is 11.4 Å². The number of carbonyl (C=O) groups is 1. The normalized spacial score (nSPS) is 27.3. The van der Waals surface area contributed by atoms with Gasteiger partial charge in [-0.1, -0.05) is 13.3 Å². The second kappa shape index (κ2) is 4.94. The molecule has 0 aromatic heterocycles. The summed E-state index contributed by atoms with van der Waals surface area (Å²) in [6, 6.07) is 0. The van der Waals surface area contributed by atoms with Gasteiger partial charge in [-0.15, -0.1) is 0 Å². The minimum atomic E-state index is -0.893. The van der Waals surface area contributed by atoms with E-state index in [0.717, 1.165) is 19.0 Å². The Labute approximate surface area is 92.0 Å². The van der Waals surface area contributed by atoms with E-state index >= 15 is 0 Å². The molecule has 1 fully saturated rings. The van der Waals surface area contributed by atoms with Crippen LogP contribution < -0.4 is 11.5 Å². The number of nitrogens with two attached hydrogens (primary N) is 2. The van der Waals surface area contributed by atoms with Crippen molar-refractivity contribution in [3.63, 3.8) is 0 Å². The number of hydrogen-bond donors (Lipinski definition) is 2. The quantitative estimate of drug-likeness (QED) is 0.706. The highest BCUT2D eigenvalue weighted by Crippen LogP contribution is 2.20. The van der Waals surface area contributed by atoms with Gasteiger partial charge in [0.25, 0.3) is 0 Å². The predicted octanol–water partition coefficient (Wildman–Crippen LogP) is 0.311. The first-order chi connectivity index (χ1) is 6.95. The maximum atomic E-state index is 11.1. The van der Waals surface area contributed by atoms with Gasteiger partial charge in [-0.05, 0) is 32.2 Å². The maximum Gasteiger partial charge on any atom is 0.238 e. The zero-order chi connectivity index (χ0) is 11.5. The smallest absolute Gasteiger partial charge is 0.238 e. The molecule has 2 atom stereocenters. The first kappa shape index (κ1) is 12.5. The second-order valence-electron chi connectivity index (χ2n) is 4.93. The molecule has 4 heteroatoms. The average molecular weight is 213 g/mol. The van der Waals surface area contributed by atoms with Gasteiger partial charge in [0.2, 0.25) is 5.91 Å². The molecule has 0 radical (unpaired) electrons. The molecule has 0 aromatic carbocycles. The highest BCUT2D eigenvalue weighted by atomic mass is 16.1. The summed E-state index contributed by atoms with van der Waals surface area (Å²) >= 11 is 0. The summed E-state index contributed by atoms with van der Waals surface area (Å²) in [5.41, 5.74) is 10.2. The van der Waals surface area contributed by atoms with Crippen LogP contribution in [0, 0.1) is 5.92 Å². The molecule has 2 unspecified atom stereocenters. The van der Waals surface area contributed by atoms with Crippen LogP contribution in [-0.4, -0.2) is 36.0 Å². The van der Waals surface area contributed by atoms with Crippen LogP contribution in [0.25, 0.3) is 0 Å². The Balaban J connectivity index is 2.47. The highest BCUT2D eigenvalue weighted by Gasteiger charge is 2.30. The number of primary amides is 1. The number of rotatable bonds is 4. The fourth-order valence-corrected chi connectivity index (χ4v) is 2.17. The van der Waals surface area contributed by atoms with E-state index in [4.69, 9.17) is 11.5 Å². The van der Waals surface area contributed by atoms with Crippen LogP contribution in [0.15, 0.2) is 0 Å². The fraction of sp³-hybridized carbons (Fsp3) is 0.909. The number of carbonyl (C=O) groups excluding carboxylic acids is 1. The molecule has 0 spiro atoms. The summed E-state index contributed by atoms with van der Waals surface area (Å²) in [6.45, 7) is 6.60. The third kappa shape index (κ3) is 3.47. The maximum absolute atomic E-state index is 11.1. The van der Waals surface area contributed by atoms with Crippen molar-refractivity contribution >= 4 is 5.91 Å². The van der Waals surface area contributed by atoms with Crippen molar-refractivity contribution in [2.24, 2.45) is 17.4 Å². The van der Waals surface area contributed by atoms with Crippen LogP contribution in [0.5, 0.6) is 0 Å². The first-order valence-corrected chi connectivity index (χ1v) is 5.77. The lowest BCUT2D eigenvalue weighted by molar-refractivity contribution is -0.123.